The molecule has 0 aromatic carbocycles. The summed E-state index contributed by atoms with van der Waals surface area (Å²) in [6.45, 7) is 0. The quantitative estimate of drug-likeness (QED) is 0.664. The highest BCUT2D eigenvalue weighted by molar-refractivity contribution is 6.30. The van der Waals surface area contributed by atoms with Crippen LogP contribution in [0, 0.1) is 10.1 Å². The minimum Gasteiger partial charge on any atom is -0.362 e. The molecular weight excluding hydrogens is 242 g/mol. The zero-order valence-electron chi connectivity index (χ0n) is 9.36. The van der Waals surface area contributed by atoms with Crippen molar-refractivity contribution in [1.29, 1.82) is 0 Å². The van der Waals surface area contributed by atoms with E-state index in [1.165, 1.54) is 31.5 Å². The molecule has 0 atom stereocenters. The zero-order valence-corrected chi connectivity index (χ0v) is 10.1. The predicted molar refractivity (Wildman–Crippen MR) is 66.4 cm³/mol. The number of nitrogens with zero attached hydrogens (tertiary/aromatic N) is 2. The van der Waals surface area contributed by atoms with Gasteiger partial charge in [-0.3, -0.25) is 10.1 Å². The van der Waals surface area contributed by atoms with Crippen molar-refractivity contribution in [2.75, 3.05) is 5.32 Å². The van der Waals surface area contributed by atoms with Gasteiger partial charge in [-0.05, 0) is 12.8 Å². The number of rotatable bonds is 3. The molecule has 1 aromatic rings. The van der Waals surface area contributed by atoms with Gasteiger partial charge in [0.2, 0.25) is 5.82 Å². The van der Waals surface area contributed by atoms with Gasteiger partial charge in [-0.2, -0.15) is 0 Å². The van der Waals surface area contributed by atoms with E-state index in [9.17, 15) is 10.1 Å². The summed E-state index contributed by atoms with van der Waals surface area (Å²) in [5.41, 5.74) is -0.0527. The van der Waals surface area contributed by atoms with Crippen molar-refractivity contribution in [3.8, 4) is 0 Å². The van der Waals surface area contributed by atoms with E-state index < -0.39 is 4.92 Å². The second-order valence-electron chi connectivity index (χ2n) is 4.26. The fourth-order valence-corrected chi connectivity index (χ4v) is 2.27. The van der Waals surface area contributed by atoms with Gasteiger partial charge in [0.15, 0.2) is 0 Å². The van der Waals surface area contributed by atoms with Crippen LogP contribution in [0.1, 0.15) is 32.1 Å². The van der Waals surface area contributed by atoms with E-state index in [4.69, 9.17) is 11.6 Å². The maximum atomic E-state index is 10.9. The van der Waals surface area contributed by atoms with Gasteiger partial charge in [0, 0.05) is 18.3 Å². The molecule has 0 amide bonds. The third-order valence-electron chi connectivity index (χ3n) is 2.98. The number of nitro groups is 1. The third-order valence-corrected chi connectivity index (χ3v) is 3.18. The molecule has 1 N–H and O–H groups in total. The molecule has 6 heteroatoms. The van der Waals surface area contributed by atoms with Gasteiger partial charge in [-0.25, -0.2) is 4.98 Å². The van der Waals surface area contributed by atoms with Crippen molar-refractivity contribution in [2.24, 2.45) is 0 Å². The molecule has 17 heavy (non-hydrogen) atoms. The Balaban J connectivity index is 2.16. The summed E-state index contributed by atoms with van der Waals surface area (Å²) < 4.78 is 0. The number of hydrogen-bond acceptors (Lipinski definition) is 4. The van der Waals surface area contributed by atoms with Crippen LogP contribution in [0.2, 0.25) is 5.02 Å². The summed E-state index contributed by atoms with van der Waals surface area (Å²) in [5, 5.41) is 14.3. The first-order valence-corrected chi connectivity index (χ1v) is 6.11. The Labute approximate surface area is 104 Å². The molecule has 0 radical (unpaired) electrons. The molecular formula is C11H14ClN3O2. The molecule has 1 aromatic heterocycles. The first kappa shape index (κ1) is 12.1. The minimum absolute atomic E-state index is 0.0527. The van der Waals surface area contributed by atoms with E-state index in [1.807, 2.05) is 0 Å². The number of pyridine rings is 1. The van der Waals surface area contributed by atoms with Gasteiger partial charge in [0.05, 0.1) is 9.95 Å². The van der Waals surface area contributed by atoms with Crippen LogP contribution in [-0.4, -0.2) is 15.9 Å². The highest BCUT2D eigenvalue weighted by Crippen LogP contribution is 2.28. The highest BCUT2D eigenvalue weighted by Gasteiger charge is 2.20. The number of nitrogens with one attached hydrogen (secondary N) is 1. The monoisotopic (exact) mass is 255 g/mol. The molecule has 1 aliphatic rings. The van der Waals surface area contributed by atoms with Gasteiger partial charge < -0.3 is 5.32 Å². The van der Waals surface area contributed by atoms with E-state index in [0.29, 0.717) is 5.82 Å². The Bertz CT molecular complexity index is 419. The smallest absolute Gasteiger partial charge is 0.312 e. The van der Waals surface area contributed by atoms with Crippen molar-refractivity contribution in [1.82, 2.24) is 4.98 Å². The minimum atomic E-state index is -0.454. The first-order chi connectivity index (χ1) is 8.16. The van der Waals surface area contributed by atoms with Crippen LogP contribution in [0.4, 0.5) is 11.5 Å². The van der Waals surface area contributed by atoms with Crippen LogP contribution >= 0.6 is 11.6 Å². The van der Waals surface area contributed by atoms with E-state index in [1.54, 1.807) is 0 Å². The lowest BCUT2D eigenvalue weighted by Crippen LogP contribution is -2.23. The van der Waals surface area contributed by atoms with Crippen LogP contribution in [0.3, 0.4) is 0 Å². The van der Waals surface area contributed by atoms with Gasteiger partial charge in [0.1, 0.15) is 0 Å². The van der Waals surface area contributed by atoms with Crippen molar-refractivity contribution in [2.45, 2.75) is 38.1 Å². The summed E-state index contributed by atoms with van der Waals surface area (Å²) in [5.74, 6) is 0.325. The van der Waals surface area contributed by atoms with Gasteiger partial charge >= 0.3 is 5.69 Å². The lowest BCUT2D eigenvalue weighted by molar-refractivity contribution is -0.384. The molecule has 1 fully saturated rings. The summed E-state index contributed by atoms with van der Waals surface area (Å²) >= 11 is 5.71. The van der Waals surface area contributed by atoms with Crippen molar-refractivity contribution >= 4 is 23.1 Å². The molecule has 0 bridgehead atoms. The van der Waals surface area contributed by atoms with E-state index >= 15 is 0 Å². The van der Waals surface area contributed by atoms with Crippen molar-refractivity contribution in [3.63, 3.8) is 0 Å². The van der Waals surface area contributed by atoms with E-state index in [2.05, 4.69) is 10.3 Å². The molecule has 1 saturated carbocycles. The Hall–Kier alpha value is -1.36. The predicted octanol–water partition coefficient (Wildman–Crippen LogP) is 3.39. The number of aromatic nitrogens is 1. The summed E-state index contributed by atoms with van der Waals surface area (Å²) in [6.07, 6.45) is 7.09. The van der Waals surface area contributed by atoms with Crippen LogP contribution in [0.25, 0.3) is 0 Å². The third kappa shape index (κ3) is 3.06. The summed E-state index contributed by atoms with van der Waals surface area (Å²) in [4.78, 5) is 14.4. The molecule has 0 saturated heterocycles. The number of anilines is 1. The lowest BCUT2D eigenvalue weighted by Gasteiger charge is -2.22. The van der Waals surface area contributed by atoms with E-state index in [-0.39, 0.29) is 16.8 Å². The Morgan fingerprint density at radius 1 is 1.41 bits per heavy atom. The van der Waals surface area contributed by atoms with E-state index in [0.717, 1.165) is 12.8 Å². The molecule has 0 spiro atoms. The normalized spacial score (nSPS) is 16.8. The standard InChI is InChI=1S/C11H14ClN3O2/c12-8-6-10(15(16)17)11(13-7-8)14-9-4-2-1-3-5-9/h6-7,9H,1-5H2,(H,13,14). The van der Waals surface area contributed by atoms with Gasteiger partial charge in [0.25, 0.3) is 0 Å². The Morgan fingerprint density at radius 2 is 2.12 bits per heavy atom. The topological polar surface area (TPSA) is 68.1 Å². The van der Waals surface area contributed by atoms with Crippen LogP contribution < -0.4 is 5.32 Å². The van der Waals surface area contributed by atoms with Crippen LogP contribution in [0.5, 0.6) is 0 Å². The largest absolute Gasteiger partial charge is 0.362 e. The van der Waals surface area contributed by atoms with Gasteiger partial charge in [-0.1, -0.05) is 30.9 Å². The Morgan fingerprint density at radius 3 is 2.76 bits per heavy atom. The molecule has 92 valence electrons. The van der Waals surface area contributed by atoms with Gasteiger partial charge in [-0.15, -0.1) is 0 Å². The van der Waals surface area contributed by atoms with Crippen LogP contribution in [0.15, 0.2) is 12.3 Å². The van der Waals surface area contributed by atoms with Crippen LogP contribution in [-0.2, 0) is 0 Å². The average molecular weight is 256 g/mol. The molecule has 1 heterocycles. The fraction of sp³-hybridized carbons (Fsp3) is 0.545. The van der Waals surface area contributed by atoms with Crippen molar-refractivity contribution < 1.29 is 4.92 Å². The molecule has 2 rings (SSSR count). The zero-order chi connectivity index (χ0) is 12.3. The maximum Gasteiger partial charge on any atom is 0.312 e. The number of hydrogen-bond donors (Lipinski definition) is 1. The first-order valence-electron chi connectivity index (χ1n) is 5.73. The maximum absolute atomic E-state index is 10.9. The molecule has 5 nitrogen and oxygen atoms in total. The highest BCUT2D eigenvalue weighted by atomic mass is 35.5. The SMILES string of the molecule is O=[N+]([O-])c1cc(Cl)cnc1NC1CCCCC1. The number of halogens is 1. The Kier molecular flexibility index (Phi) is 3.78. The molecule has 0 aliphatic heterocycles. The van der Waals surface area contributed by atoms with Crippen molar-refractivity contribution in [3.05, 3.63) is 27.4 Å². The fourth-order valence-electron chi connectivity index (χ4n) is 2.12. The molecule has 1 aliphatic carbocycles. The second-order valence-corrected chi connectivity index (χ2v) is 4.69. The summed E-state index contributed by atoms with van der Waals surface area (Å²) in [7, 11) is 0. The second kappa shape index (κ2) is 5.31. The molecule has 0 unspecified atom stereocenters. The summed E-state index contributed by atoms with van der Waals surface area (Å²) in [6, 6.07) is 1.62. The lowest BCUT2D eigenvalue weighted by atomic mass is 9.95. The average Bonchev–Trinajstić information content (AvgIpc) is 2.32.